The van der Waals surface area contributed by atoms with Crippen LogP contribution in [-0.4, -0.2) is 46.1 Å². The first kappa shape index (κ1) is 15.7. The molecular weight excluding hydrogens is 298 g/mol. The Balaban J connectivity index is 1.47. The predicted molar refractivity (Wildman–Crippen MR) is 88.6 cm³/mol. The number of rotatable bonds is 8. The molecule has 1 aromatic rings. The molecular formula is C16H25N3O2S. The van der Waals surface area contributed by atoms with Crippen molar-refractivity contribution in [3.05, 3.63) is 11.1 Å². The highest BCUT2D eigenvalue weighted by Gasteiger charge is 2.37. The molecule has 0 saturated heterocycles. The van der Waals surface area contributed by atoms with E-state index in [1.54, 1.807) is 11.3 Å². The van der Waals surface area contributed by atoms with Gasteiger partial charge in [-0.25, -0.2) is 4.98 Å². The first-order valence-electron chi connectivity index (χ1n) is 8.19. The summed E-state index contributed by atoms with van der Waals surface area (Å²) in [6.07, 6.45) is 6.54. The summed E-state index contributed by atoms with van der Waals surface area (Å²) in [5, 5.41) is 13.6. The Bertz CT molecular complexity index is 521. The molecule has 6 heteroatoms. The molecule has 0 aromatic carbocycles. The number of hydrogen-bond donors (Lipinski definition) is 2. The Labute approximate surface area is 135 Å². The van der Waals surface area contributed by atoms with Gasteiger partial charge < -0.3 is 10.4 Å². The van der Waals surface area contributed by atoms with Crippen LogP contribution in [0.25, 0.3) is 0 Å². The molecule has 1 heterocycles. The maximum atomic E-state index is 11.0. The third-order valence-corrected chi connectivity index (χ3v) is 5.81. The topological polar surface area (TPSA) is 65.5 Å². The lowest BCUT2D eigenvalue weighted by Gasteiger charge is -2.42. The fourth-order valence-electron chi connectivity index (χ4n) is 2.95. The van der Waals surface area contributed by atoms with Crippen LogP contribution in [-0.2, 0) is 4.79 Å². The molecule has 0 unspecified atom stereocenters. The lowest BCUT2D eigenvalue weighted by atomic mass is 9.85. The van der Waals surface area contributed by atoms with Gasteiger partial charge in [0.15, 0.2) is 5.13 Å². The number of carboxylic acids is 1. The molecule has 5 nitrogen and oxygen atoms in total. The quantitative estimate of drug-likeness (QED) is 0.770. The number of aromatic nitrogens is 1. The SMILES string of the molecule is CC(C)c1cnc(NC2CC(N(CC(=O)O)CC3CC3)C2)s1. The molecule has 2 fully saturated rings. The van der Waals surface area contributed by atoms with Crippen molar-refractivity contribution >= 4 is 22.4 Å². The number of anilines is 1. The van der Waals surface area contributed by atoms with Gasteiger partial charge in [0.1, 0.15) is 0 Å². The number of nitrogens with zero attached hydrogens (tertiary/aromatic N) is 2. The lowest BCUT2D eigenvalue weighted by molar-refractivity contribution is -0.139. The minimum Gasteiger partial charge on any atom is -0.480 e. The first-order chi connectivity index (χ1) is 10.5. The van der Waals surface area contributed by atoms with E-state index in [9.17, 15) is 4.79 Å². The van der Waals surface area contributed by atoms with Gasteiger partial charge in [0.05, 0.1) is 6.54 Å². The second-order valence-corrected chi connectivity index (χ2v) is 8.02. The lowest BCUT2D eigenvalue weighted by Crippen LogP contribution is -2.52. The monoisotopic (exact) mass is 323 g/mol. The third kappa shape index (κ3) is 3.98. The Morgan fingerprint density at radius 2 is 2.23 bits per heavy atom. The molecule has 1 aromatic heterocycles. The van der Waals surface area contributed by atoms with Gasteiger partial charge in [-0.1, -0.05) is 13.8 Å². The van der Waals surface area contributed by atoms with Crippen LogP contribution in [0, 0.1) is 5.92 Å². The van der Waals surface area contributed by atoms with Crippen LogP contribution < -0.4 is 5.32 Å². The van der Waals surface area contributed by atoms with Crippen LogP contribution in [0.3, 0.4) is 0 Å². The van der Waals surface area contributed by atoms with E-state index < -0.39 is 5.97 Å². The van der Waals surface area contributed by atoms with Gasteiger partial charge >= 0.3 is 5.97 Å². The van der Waals surface area contributed by atoms with Crippen molar-refractivity contribution in [3.63, 3.8) is 0 Å². The average Bonchev–Trinajstić information content (AvgIpc) is 3.07. The van der Waals surface area contributed by atoms with E-state index in [-0.39, 0.29) is 6.54 Å². The molecule has 0 spiro atoms. The normalized spacial score (nSPS) is 24.5. The van der Waals surface area contributed by atoms with E-state index in [0.29, 0.717) is 18.0 Å². The van der Waals surface area contributed by atoms with E-state index >= 15 is 0 Å². The fraction of sp³-hybridized carbons (Fsp3) is 0.750. The molecule has 0 aliphatic heterocycles. The summed E-state index contributed by atoms with van der Waals surface area (Å²) in [6.45, 7) is 5.50. The second-order valence-electron chi connectivity index (χ2n) is 6.96. The summed E-state index contributed by atoms with van der Waals surface area (Å²) in [7, 11) is 0. The predicted octanol–water partition coefficient (Wildman–Crippen LogP) is 3.01. The number of hydrogen-bond acceptors (Lipinski definition) is 5. The fourth-order valence-corrected chi connectivity index (χ4v) is 3.84. The van der Waals surface area contributed by atoms with E-state index in [0.717, 1.165) is 30.4 Å². The minimum atomic E-state index is -0.710. The zero-order chi connectivity index (χ0) is 15.7. The van der Waals surface area contributed by atoms with Crippen molar-refractivity contribution in [1.29, 1.82) is 0 Å². The Morgan fingerprint density at radius 3 is 2.77 bits per heavy atom. The number of carbonyl (C=O) groups is 1. The van der Waals surface area contributed by atoms with Crippen molar-refractivity contribution in [2.75, 3.05) is 18.4 Å². The second kappa shape index (κ2) is 6.54. The highest BCUT2D eigenvalue weighted by molar-refractivity contribution is 7.15. The van der Waals surface area contributed by atoms with E-state index in [2.05, 4.69) is 29.0 Å². The van der Waals surface area contributed by atoms with Crippen molar-refractivity contribution in [2.45, 2.75) is 57.5 Å². The van der Waals surface area contributed by atoms with E-state index in [1.165, 1.54) is 17.7 Å². The molecule has 2 saturated carbocycles. The van der Waals surface area contributed by atoms with Gasteiger partial charge in [-0.15, -0.1) is 11.3 Å². The largest absolute Gasteiger partial charge is 0.480 e. The number of nitrogens with one attached hydrogen (secondary N) is 1. The van der Waals surface area contributed by atoms with Crippen molar-refractivity contribution < 1.29 is 9.90 Å². The molecule has 0 radical (unpaired) electrons. The summed E-state index contributed by atoms with van der Waals surface area (Å²) in [5.41, 5.74) is 0. The molecule has 0 amide bonds. The molecule has 2 aliphatic carbocycles. The summed E-state index contributed by atoms with van der Waals surface area (Å²) in [4.78, 5) is 18.9. The van der Waals surface area contributed by atoms with Crippen LogP contribution in [0.4, 0.5) is 5.13 Å². The zero-order valence-corrected chi connectivity index (χ0v) is 14.1. The summed E-state index contributed by atoms with van der Waals surface area (Å²) < 4.78 is 0. The zero-order valence-electron chi connectivity index (χ0n) is 13.3. The van der Waals surface area contributed by atoms with Crippen LogP contribution in [0.1, 0.15) is 50.3 Å². The first-order valence-corrected chi connectivity index (χ1v) is 9.01. The summed E-state index contributed by atoms with van der Waals surface area (Å²) in [5.74, 6) is 0.546. The Morgan fingerprint density at radius 1 is 1.50 bits per heavy atom. The molecule has 2 N–H and O–H groups in total. The van der Waals surface area contributed by atoms with Gasteiger partial charge in [-0.3, -0.25) is 9.69 Å². The highest BCUT2D eigenvalue weighted by Crippen LogP contribution is 2.35. The third-order valence-electron chi connectivity index (χ3n) is 4.58. The van der Waals surface area contributed by atoms with Gasteiger partial charge in [-0.05, 0) is 37.5 Å². The minimum absolute atomic E-state index is 0.183. The van der Waals surface area contributed by atoms with Crippen LogP contribution in [0.5, 0.6) is 0 Å². The number of aliphatic carboxylic acids is 1. The van der Waals surface area contributed by atoms with Crippen LogP contribution >= 0.6 is 11.3 Å². The molecule has 0 atom stereocenters. The van der Waals surface area contributed by atoms with Gasteiger partial charge in [-0.2, -0.15) is 0 Å². The smallest absolute Gasteiger partial charge is 0.317 e. The molecule has 22 heavy (non-hydrogen) atoms. The summed E-state index contributed by atoms with van der Waals surface area (Å²) in [6, 6.07) is 0.852. The molecule has 3 rings (SSSR count). The van der Waals surface area contributed by atoms with Gasteiger partial charge in [0, 0.05) is 29.7 Å². The average molecular weight is 323 g/mol. The van der Waals surface area contributed by atoms with Crippen molar-refractivity contribution in [3.8, 4) is 0 Å². The van der Waals surface area contributed by atoms with Crippen LogP contribution in [0.2, 0.25) is 0 Å². The maximum Gasteiger partial charge on any atom is 0.317 e. The molecule has 0 bridgehead atoms. The van der Waals surface area contributed by atoms with Crippen molar-refractivity contribution in [2.24, 2.45) is 5.92 Å². The van der Waals surface area contributed by atoms with Crippen molar-refractivity contribution in [1.82, 2.24) is 9.88 Å². The molecule has 122 valence electrons. The van der Waals surface area contributed by atoms with Gasteiger partial charge in [0.2, 0.25) is 0 Å². The number of thiazole rings is 1. The summed E-state index contributed by atoms with van der Waals surface area (Å²) >= 11 is 1.73. The van der Waals surface area contributed by atoms with Crippen LogP contribution in [0.15, 0.2) is 6.20 Å². The Hall–Kier alpha value is -1.14. The maximum absolute atomic E-state index is 11.0. The number of carboxylic acid groups (broad SMARTS) is 1. The van der Waals surface area contributed by atoms with Gasteiger partial charge in [0.25, 0.3) is 0 Å². The Kier molecular flexibility index (Phi) is 4.68. The molecule has 2 aliphatic rings. The van der Waals surface area contributed by atoms with E-state index in [4.69, 9.17) is 5.11 Å². The standard InChI is InChI=1S/C16H25N3O2S/c1-10(2)14-7-17-16(22-14)18-12-5-13(6-12)19(9-15(20)21)8-11-3-4-11/h7,10-13H,3-6,8-9H2,1-2H3,(H,17,18)(H,20,21). The highest BCUT2D eigenvalue weighted by atomic mass is 32.1. The van der Waals surface area contributed by atoms with E-state index in [1.807, 2.05) is 6.20 Å².